The van der Waals surface area contributed by atoms with Crippen molar-refractivity contribution in [1.82, 2.24) is 14.3 Å². The van der Waals surface area contributed by atoms with Crippen molar-refractivity contribution in [3.05, 3.63) is 12.5 Å². The van der Waals surface area contributed by atoms with E-state index in [4.69, 9.17) is 10.9 Å². The zero-order valence-electron chi connectivity index (χ0n) is 10.5. The molecule has 0 saturated heterocycles. The van der Waals surface area contributed by atoms with Crippen molar-refractivity contribution >= 4 is 15.9 Å². The average Bonchev–Trinajstić information content (AvgIpc) is 2.75. The lowest BCUT2D eigenvalue weighted by Crippen LogP contribution is -2.53. The van der Waals surface area contributed by atoms with Gasteiger partial charge in [-0.05, 0) is 20.8 Å². The van der Waals surface area contributed by atoms with Crippen LogP contribution in [0.1, 0.15) is 20.8 Å². The molecule has 102 valence electrons. The molecular formula is C9H17N5O3S. The maximum Gasteiger partial charge on any atom is 0.260 e. The molecule has 1 heterocycles. The smallest absolute Gasteiger partial charge is 0.260 e. The highest BCUT2D eigenvalue weighted by molar-refractivity contribution is 7.89. The van der Waals surface area contributed by atoms with Crippen LogP contribution in [-0.4, -0.2) is 34.6 Å². The van der Waals surface area contributed by atoms with Gasteiger partial charge in [-0.3, -0.25) is 0 Å². The van der Waals surface area contributed by atoms with Gasteiger partial charge in [0.05, 0.1) is 11.9 Å². The van der Waals surface area contributed by atoms with E-state index in [0.717, 1.165) is 0 Å². The van der Waals surface area contributed by atoms with Gasteiger partial charge in [-0.25, -0.2) is 13.4 Å². The minimum atomic E-state index is -3.82. The Morgan fingerprint density at radius 3 is 2.72 bits per heavy atom. The van der Waals surface area contributed by atoms with Crippen LogP contribution in [0.25, 0.3) is 0 Å². The second-order valence-corrected chi connectivity index (χ2v) is 5.89. The van der Waals surface area contributed by atoms with Gasteiger partial charge < -0.3 is 15.5 Å². The summed E-state index contributed by atoms with van der Waals surface area (Å²) in [7, 11) is -3.82. The van der Waals surface area contributed by atoms with E-state index in [1.54, 1.807) is 4.57 Å². The molecular weight excluding hydrogens is 258 g/mol. The fourth-order valence-electron chi connectivity index (χ4n) is 1.22. The minimum Gasteiger partial charge on any atom is -0.409 e. The molecule has 1 aromatic heterocycles. The number of hydrogen-bond acceptors (Lipinski definition) is 5. The molecule has 0 aliphatic carbocycles. The Morgan fingerprint density at radius 1 is 1.67 bits per heavy atom. The van der Waals surface area contributed by atoms with Crippen molar-refractivity contribution in [2.45, 2.75) is 37.9 Å². The van der Waals surface area contributed by atoms with Gasteiger partial charge in [-0.1, -0.05) is 5.16 Å². The number of nitrogens with zero attached hydrogens (tertiary/aromatic N) is 3. The number of hydrogen-bond donors (Lipinski definition) is 3. The fourth-order valence-corrected chi connectivity index (χ4v) is 2.56. The summed E-state index contributed by atoms with van der Waals surface area (Å²) in [5.41, 5.74) is 4.21. The molecule has 1 rings (SSSR count). The molecule has 18 heavy (non-hydrogen) atoms. The summed E-state index contributed by atoms with van der Waals surface area (Å²) in [5.74, 6) is -0.235. The molecule has 9 heteroatoms. The second kappa shape index (κ2) is 4.94. The molecule has 0 fully saturated rings. The number of oxime groups is 1. The first-order valence-corrected chi connectivity index (χ1v) is 6.75. The molecule has 0 bridgehead atoms. The molecule has 0 unspecified atom stereocenters. The third-order valence-corrected chi connectivity index (χ3v) is 3.93. The van der Waals surface area contributed by atoms with E-state index in [1.807, 2.05) is 6.92 Å². The van der Waals surface area contributed by atoms with E-state index >= 15 is 0 Å². The van der Waals surface area contributed by atoms with Crippen LogP contribution >= 0.6 is 0 Å². The largest absolute Gasteiger partial charge is 0.409 e. The molecule has 0 aliphatic rings. The summed E-state index contributed by atoms with van der Waals surface area (Å²) in [4.78, 5) is 3.80. The number of nitrogens with two attached hydrogens (primary N) is 1. The standard InChI is InChI=1S/C9H17N5O3S/c1-4-14-5-7(11-6-14)18(16,17)13-9(2,3)8(10)12-15/h5-6,13,15H,4H2,1-3H3,(H2,10,12). The molecule has 0 spiro atoms. The predicted molar refractivity (Wildman–Crippen MR) is 65.7 cm³/mol. The number of rotatable bonds is 5. The van der Waals surface area contributed by atoms with Gasteiger partial charge in [-0.15, -0.1) is 0 Å². The Balaban J connectivity index is 3.02. The fraction of sp³-hybridized carbons (Fsp3) is 0.556. The number of aromatic nitrogens is 2. The molecule has 4 N–H and O–H groups in total. The van der Waals surface area contributed by atoms with E-state index < -0.39 is 15.6 Å². The summed E-state index contributed by atoms with van der Waals surface area (Å²) in [6, 6.07) is 0. The van der Waals surface area contributed by atoms with Crippen LogP contribution in [0.3, 0.4) is 0 Å². The summed E-state index contributed by atoms with van der Waals surface area (Å²) in [5, 5.41) is 11.3. The van der Waals surface area contributed by atoms with Crippen LogP contribution in [0.4, 0.5) is 0 Å². The van der Waals surface area contributed by atoms with Crippen LogP contribution in [0.2, 0.25) is 0 Å². The van der Waals surface area contributed by atoms with Crippen molar-refractivity contribution < 1.29 is 13.6 Å². The Hall–Kier alpha value is -1.61. The number of aryl methyl sites for hydroxylation is 1. The second-order valence-electron chi connectivity index (χ2n) is 4.26. The Labute approximate surface area is 106 Å². The average molecular weight is 275 g/mol. The van der Waals surface area contributed by atoms with E-state index in [0.29, 0.717) is 6.54 Å². The molecule has 0 saturated carbocycles. The predicted octanol–water partition coefficient (Wildman–Crippen LogP) is -0.294. The van der Waals surface area contributed by atoms with Crippen LogP contribution in [0.5, 0.6) is 0 Å². The quantitative estimate of drug-likeness (QED) is 0.295. The van der Waals surface area contributed by atoms with Crippen LogP contribution in [-0.2, 0) is 16.6 Å². The number of imidazole rings is 1. The molecule has 0 atom stereocenters. The number of nitrogens with one attached hydrogen (secondary N) is 1. The third-order valence-electron chi connectivity index (χ3n) is 2.39. The van der Waals surface area contributed by atoms with E-state index in [9.17, 15) is 8.42 Å². The van der Waals surface area contributed by atoms with Crippen molar-refractivity contribution in [2.75, 3.05) is 0 Å². The zero-order chi connectivity index (χ0) is 14.0. The lowest BCUT2D eigenvalue weighted by Gasteiger charge is -2.23. The molecule has 0 amide bonds. The van der Waals surface area contributed by atoms with Gasteiger partial charge in [0.1, 0.15) is 0 Å². The Morgan fingerprint density at radius 2 is 2.28 bits per heavy atom. The Kier molecular flexibility index (Phi) is 3.97. The van der Waals surface area contributed by atoms with Crippen LogP contribution < -0.4 is 10.5 Å². The van der Waals surface area contributed by atoms with E-state index in [2.05, 4.69) is 14.9 Å². The van der Waals surface area contributed by atoms with Gasteiger partial charge in [0.2, 0.25) is 0 Å². The first kappa shape index (κ1) is 14.5. The number of sulfonamides is 1. The van der Waals surface area contributed by atoms with Crippen molar-refractivity contribution in [2.24, 2.45) is 10.9 Å². The molecule has 8 nitrogen and oxygen atoms in total. The third kappa shape index (κ3) is 2.99. The van der Waals surface area contributed by atoms with Crippen LogP contribution in [0, 0.1) is 0 Å². The lowest BCUT2D eigenvalue weighted by atomic mass is 10.1. The first-order valence-electron chi connectivity index (χ1n) is 5.26. The molecule has 0 aromatic carbocycles. The first-order chi connectivity index (χ1) is 8.23. The van der Waals surface area contributed by atoms with Gasteiger partial charge in [0.25, 0.3) is 10.0 Å². The van der Waals surface area contributed by atoms with Crippen molar-refractivity contribution in [3.8, 4) is 0 Å². The van der Waals surface area contributed by atoms with Crippen LogP contribution in [0.15, 0.2) is 22.7 Å². The molecule has 1 aromatic rings. The molecule has 0 radical (unpaired) electrons. The van der Waals surface area contributed by atoms with Gasteiger partial charge >= 0.3 is 0 Å². The highest BCUT2D eigenvalue weighted by atomic mass is 32.2. The maximum atomic E-state index is 12.0. The summed E-state index contributed by atoms with van der Waals surface area (Å²) in [6.45, 7) is 5.45. The Bertz CT molecular complexity index is 546. The monoisotopic (exact) mass is 275 g/mol. The van der Waals surface area contributed by atoms with Gasteiger partial charge in [-0.2, -0.15) is 4.72 Å². The van der Waals surface area contributed by atoms with E-state index in [-0.39, 0.29) is 10.9 Å². The summed E-state index contributed by atoms with van der Waals surface area (Å²) < 4.78 is 28.0. The van der Waals surface area contributed by atoms with Crippen molar-refractivity contribution in [1.29, 1.82) is 0 Å². The highest BCUT2D eigenvalue weighted by Gasteiger charge is 2.31. The topological polar surface area (TPSA) is 123 Å². The normalized spacial score (nSPS) is 13.8. The van der Waals surface area contributed by atoms with Gasteiger partial charge in [0.15, 0.2) is 10.9 Å². The van der Waals surface area contributed by atoms with Crippen molar-refractivity contribution in [3.63, 3.8) is 0 Å². The maximum absolute atomic E-state index is 12.0. The van der Waals surface area contributed by atoms with Gasteiger partial charge in [0, 0.05) is 12.7 Å². The zero-order valence-corrected chi connectivity index (χ0v) is 11.3. The number of amidine groups is 1. The minimum absolute atomic E-state index is 0.108. The lowest BCUT2D eigenvalue weighted by molar-refractivity contribution is 0.312. The molecule has 0 aliphatic heterocycles. The highest BCUT2D eigenvalue weighted by Crippen LogP contribution is 2.11. The SMILES string of the molecule is CCn1cnc(S(=O)(=O)NC(C)(C)C(N)=NO)c1. The summed E-state index contributed by atoms with van der Waals surface area (Å²) >= 11 is 0. The summed E-state index contributed by atoms with van der Waals surface area (Å²) in [6.07, 6.45) is 2.83. The van der Waals surface area contributed by atoms with E-state index in [1.165, 1.54) is 26.4 Å².